The van der Waals surface area contributed by atoms with Crippen LogP contribution in [0.5, 0.6) is 0 Å². The van der Waals surface area contributed by atoms with Gasteiger partial charge in [-0.2, -0.15) is 0 Å². The van der Waals surface area contributed by atoms with Gasteiger partial charge in [-0.25, -0.2) is 4.98 Å². The van der Waals surface area contributed by atoms with Crippen molar-refractivity contribution < 1.29 is 4.42 Å². The van der Waals surface area contributed by atoms with Gasteiger partial charge in [-0.3, -0.25) is 14.8 Å². The van der Waals surface area contributed by atoms with Gasteiger partial charge in [0.05, 0.1) is 17.7 Å². The standard InChI is InChI=1S/C18H20N4OS/c1-2-6-19-15(4-1)12-21-7-9-22(10-8-21)13-16-14-24-18(20-16)17-5-3-11-23-17/h1-6,11,14H,7-10,12-13H2. The van der Waals surface area contributed by atoms with Crippen molar-refractivity contribution >= 4 is 11.3 Å². The molecule has 1 aliphatic rings. The Labute approximate surface area is 145 Å². The first kappa shape index (κ1) is 15.5. The van der Waals surface area contributed by atoms with Crippen LogP contribution >= 0.6 is 11.3 Å². The van der Waals surface area contributed by atoms with Crippen LogP contribution in [0.15, 0.2) is 52.6 Å². The summed E-state index contributed by atoms with van der Waals surface area (Å²) in [6.45, 7) is 6.14. The van der Waals surface area contributed by atoms with Crippen molar-refractivity contribution in [1.29, 1.82) is 0 Å². The van der Waals surface area contributed by atoms with Crippen LogP contribution < -0.4 is 0 Å². The molecular weight excluding hydrogens is 320 g/mol. The van der Waals surface area contributed by atoms with E-state index in [4.69, 9.17) is 9.40 Å². The summed E-state index contributed by atoms with van der Waals surface area (Å²) in [5.74, 6) is 0.853. The van der Waals surface area contributed by atoms with E-state index in [2.05, 4.69) is 32.3 Å². The maximum absolute atomic E-state index is 5.42. The normalized spacial score (nSPS) is 16.5. The van der Waals surface area contributed by atoms with E-state index in [1.807, 2.05) is 24.4 Å². The lowest BCUT2D eigenvalue weighted by Gasteiger charge is -2.34. The Hall–Kier alpha value is -2.02. The molecule has 1 saturated heterocycles. The van der Waals surface area contributed by atoms with Crippen molar-refractivity contribution in [2.75, 3.05) is 26.2 Å². The second kappa shape index (κ2) is 7.25. The van der Waals surface area contributed by atoms with Gasteiger partial charge in [-0.05, 0) is 24.3 Å². The zero-order valence-electron chi connectivity index (χ0n) is 13.5. The average molecular weight is 340 g/mol. The number of nitrogens with zero attached hydrogens (tertiary/aromatic N) is 4. The Kier molecular flexibility index (Phi) is 4.69. The van der Waals surface area contributed by atoms with Gasteiger partial charge in [0.2, 0.25) is 0 Å². The number of pyridine rings is 1. The van der Waals surface area contributed by atoms with Crippen LogP contribution in [0.25, 0.3) is 10.8 Å². The lowest BCUT2D eigenvalue weighted by Crippen LogP contribution is -2.45. The Balaban J connectivity index is 1.29. The van der Waals surface area contributed by atoms with E-state index in [1.54, 1.807) is 17.6 Å². The minimum Gasteiger partial charge on any atom is -0.462 e. The van der Waals surface area contributed by atoms with Crippen molar-refractivity contribution in [3.05, 3.63) is 59.6 Å². The van der Waals surface area contributed by atoms with Crippen molar-refractivity contribution in [3.63, 3.8) is 0 Å². The molecule has 1 aliphatic heterocycles. The van der Waals surface area contributed by atoms with E-state index < -0.39 is 0 Å². The summed E-state index contributed by atoms with van der Waals surface area (Å²) in [6, 6.07) is 9.97. The van der Waals surface area contributed by atoms with Crippen LogP contribution in [0, 0.1) is 0 Å². The Morgan fingerprint density at radius 3 is 2.42 bits per heavy atom. The van der Waals surface area contributed by atoms with Crippen LogP contribution in [0.2, 0.25) is 0 Å². The highest BCUT2D eigenvalue weighted by atomic mass is 32.1. The van der Waals surface area contributed by atoms with Gasteiger partial charge in [-0.15, -0.1) is 11.3 Å². The van der Waals surface area contributed by atoms with Gasteiger partial charge in [0, 0.05) is 50.8 Å². The summed E-state index contributed by atoms with van der Waals surface area (Å²) >= 11 is 1.65. The van der Waals surface area contributed by atoms with Gasteiger partial charge in [0.25, 0.3) is 0 Å². The molecule has 124 valence electrons. The van der Waals surface area contributed by atoms with E-state index in [1.165, 1.54) is 0 Å². The number of aromatic nitrogens is 2. The number of hydrogen-bond acceptors (Lipinski definition) is 6. The van der Waals surface area contributed by atoms with E-state index in [0.717, 1.165) is 61.4 Å². The number of rotatable bonds is 5. The molecule has 0 aliphatic carbocycles. The third kappa shape index (κ3) is 3.72. The molecule has 0 radical (unpaired) electrons. The maximum Gasteiger partial charge on any atom is 0.162 e. The van der Waals surface area contributed by atoms with Crippen molar-refractivity contribution in [1.82, 2.24) is 19.8 Å². The first-order valence-corrected chi connectivity index (χ1v) is 9.08. The van der Waals surface area contributed by atoms with Crippen LogP contribution in [-0.2, 0) is 13.1 Å². The maximum atomic E-state index is 5.42. The van der Waals surface area contributed by atoms with Gasteiger partial charge in [0.15, 0.2) is 10.8 Å². The van der Waals surface area contributed by atoms with Gasteiger partial charge in [0.1, 0.15) is 0 Å². The molecule has 0 amide bonds. The third-order valence-corrected chi connectivity index (χ3v) is 5.15. The molecule has 4 heterocycles. The first-order valence-electron chi connectivity index (χ1n) is 8.20. The summed E-state index contributed by atoms with van der Waals surface area (Å²) in [5, 5.41) is 3.10. The molecule has 5 nitrogen and oxygen atoms in total. The van der Waals surface area contributed by atoms with Crippen molar-refractivity contribution in [3.8, 4) is 10.8 Å². The van der Waals surface area contributed by atoms with E-state index in [-0.39, 0.29) is 0 Å². The molecule has 4 rings (SSSR count). The molecule has 0 spiro atoms. The molecule has 3 aromatic rings. The number of piperazine rings is 1. The largest absolute Gasteiger partial charge is 0.462 e. The molecule has 6 heteroatoms. The Bertz CT molecular complexity index is 748. The fraction of sp³-hybridized carbons (Fsp3) is 0.333. The number of furan rings is 1. The summed E-state index contributed by atoms with van der Waals surface area (Å²) in [5.41, 5.74) is 2.28. The average Bonchev–Trinajstić information content (AvgIpc) is 3.29. The second-order valence-electron chi connectivity index (χ2n) is 5.99. The molecular formula is C18H20N4OS. The molecule has 24 heavy (non-hydrogen) atoms. The Morgan fingerprint density at radius 1 is 0.958 bits per heavy atom. The minimum atomic E-state index is 0.853. The third-order valence-electron chi connectivity index (χ3n) is 4.25. The highest BCUT2D eigenvalue weighted by Crippen LogP contribution is 2.24. The topological polar surface area (TPSA) is 45.4 Å². The molecule has 1 fully saturated rings. The lowest BCUT2D eigenvalue weighted by atomic mass is 10.2. The summed E-state index contributed by atoms with van der Waals surface area (Å²) < 4.78 is 5.42. The first-order chi connectivity index (χ1) is 11.9. The van der Waals surface area contributed by atoms with Crippen LogP contribution in [0.4, 0.5) is 0 Å². The van der Waals surface area contributed by atoms with Crippen LogP contribution in [0.3, 0.4) is 0 Å². The van der Waals surface area contributed by atoms with Crippen molar-refractivity contribution in [2.24, 2.45) is 0 Å². The zero-order chi connectivity index (χ0) is 16.2. The highest BCUT2D eigenvalue weighted by molar-refractivity contribution is 7.13. The van der Waals surface area contributed by atoms with Gasteiger partial charge in [-0.1, -0.05) is 6.07 Å². The van der Waals surface area contributed by atoms with E-state index in [9.17, 15) is 0 Å². The number of thiazole rings is 1. The van der Waals surface area contributed by atoms with Gasteiger partial charge >= 0.3 is 0 Å². The summed E-state index contributed by atoms with van der Waals surface area (Å²) in [7, 11) is 0. The molecule has 0 bridgehead atoms. The van der Waals surface area contributed by atoms with E-state index >= 15 is 0 Å². The summed E-state index contributed by atoms with van der Waals surface area (Å²) in [6.07, 6.45) is 3.56. The van der Waals surface area contributed by atoms with Gasteiger partial charge < -0.3 is 4.42 Å². The van der Waals surface area contributed by atoms with Crippen molar-refractivity contribution in [2.45, 2.75) is 13.1 Å². The highest BCUT2D eigenvalue weighted by Gasteiger charge is 2.18. The number of hydrogen-bond donors (Lipinski definition) is 0. The second-order valence-corrected chi connectivity index (χ2v) is 6.85. The predicted molar refractivity (Wildman–Crippen MR) is 94.6 cm³/mol. The molecule has 3 aromatic heterocycles. The fourth-order valence-corrected chi connectivity index (χ4v) is 3.73. The minimum absolute atomic E-state index is 0.853. The molecule has 0 saturated carbocycles. The van der Waals surface area contributed by atoms with Crippen LogP contribution in [-0.4, -0.2) is 45.9 Å². The smallest absolute Gasteiger partial charge is 0.162 e. The molecule has 0 N–H and O–H groups in total. The quantitative estimate of drug-likeness (QED) is 0.714. The monoisotopic (exact) mass is 340 g/mol. The SMILES string of the molecule is c1ccc(CN2CCN(Cc3csc(-c4ccco4)n3)CC2)nc1. The van der Waals surface area contributed by atoms with E-state index in [0.29, 0.717) is 0 Å². The fourth-order valence-electron chi connectivity index (χ4n) is 2.95. The lowest BCUT2D eigenvalue weighted by molar-refractivity contribution is 0.120. The zero-order valence-corrected chi connectivity index (χ0v) is 14.3. The summed E-state index contributed by atoms with van der Waals surface area (Å²) in [4.78, 5) is 14.0. The Morgan fingerprint density at radius 2 is 1.75 bits per heavy atom. The molecule has 0 aromatic carbocycles. The predicted octanol–water partition coefficient (Wildman–Crippen LogP) is 3.12. The molecule has 0 atom stereocenters. The van der Waals surface area contributed by atoms with Crippen LogP contribution in [0.1, 0.15) is 11.4 Å². The molecule has 0 unspecified atom stereocenters.